The molecule has 1 unspecified atom stereocenters. The molecule has 2 aliphatic heterocycles. The molecule has 3 amide bonds. The number of nitrogens with two attached hydrogens (primary N) is 1. The number of hydrogen-bond acceptors (Lipinski definition) is 2. The van der Waals surface area contributed by atoms with Crippen LogP contribution in [-0.4, -0.2) is 46.4 Å². The van der Waals surface area contributed by atoms with Crippen molar-refractivity contribution in [1.29, 1.82) is 0 Å². The molecule has 2 aromatic carbocycles. The molecule has 1 fully saturated rings. The lowest BCUT2D eigenvalue weighted by Crippen LogP contribution is -2.45. The molecule has 0 spiro atoms. The Morgan fingerprint density at radius 1 is 0.967 bits per heavy atom. The first-order valence-corrected chi connectivity index (χ1v) is 10.7. The first-order valence-electron chi connectivity index (χ1n) is 10.7. The molecular formula is C24H26N4O2. The lowest BCUT2D eigenvalue weighted by atomic mass is 9.84. The van der Waals surface area contributed by atoms with Gasteiger partial charge in [0.25, 0.3) is 5.91 Å². The molecule has 0 bridgehead atoms. The summed E-state index contributed by atoms with van der Waals surface area (Å²) < 4.78 is 0. The first-order chi connectivity index (χ1) is 14.6. The van der Waals surface area contributed by atoms with Gasteiger partial charge in [-0.05, 0) is 48.9 Å². The van der Waals surface area contributed by atoms with Gasteiger partial charge in [0.15, 0.2) is 0 Å². The summed E-state index contributed by atoms with van der Waals surface area (Å²) in [6.07, 6.45) is 5.89. The van der Waals surface area contributed by atoms with Gasteiger partial charge in [0, 0.05) is 47.9 Å². The SMILES string of the molecule is NC(=O)N1CCc2cccc(C(=O)N3CCCCC3)c2C1c1c[nH]c2ccccc12. The summed E-state index contributed by atoms with van der Waals surface area (Å²) in [7, 11) is 0. The Bertz CT molecular complexity index is 1110. The summed E-state index contributed by atoms with van der Waals surface area (Å²) in [6, 6.07) is 13.1. The molecule has 1 atom stereocenters. The highest BCUT2D eigenvalue weighted by Crippen LogP contribution is 2.40. The quantitative estimate of drug-likeness (QED) is 0.683. The van der Waals surface area contributed by atoms with Gasteiger partial charge in [-0.1, -0.05) is 30.3 Å². The number of carbonyl (C=O) groups is 2. The number of aromatic amines is 1. The number of nitrogens with zero attached hydrogens (tertiary/aromatic N) is 2. The summed E-state index contributed by atoms with van der Waals surface area (Å²) in [5.41, 5.74) is 10.5. The van der Waals surface area contributed by atoms with Crippen LogP contribution in [0.5, 0.6) is 0 Å². The van der Waals surface area contributed by atoms with Crippen molar-refractivity contribution in [3.05, 3.63) is 70.9 Å². The fourth-order valence-electron chi connectivity index (χ4n) is 5.01. The average Bonchev–Trinajstić information content (AvgIpc) is 3.21. The smallest absolute Gasteiger partial charge is 0.315 e. The number of H-pyrrole nitrogens is 1. The predicted octanol–water partition coefficient (Wildman–Crippen LogP) is 3.82. The van der Waals surface area contributed by atoms with Crippen molar-refractivity contribution in [1.82, 2.24) is 14.8 Å². The second kappa shape index (κ2) is 7.52. The minimum absolute atomic E-state index is 0.0581. The molecule has 6 nitrogen and oxygen atoms in total. The Labute approximate surface area is 175 Å². The van der Waals surface area contributed by atoms with Crippen LogP contribution in [0.25, 0.3) is 10.9 Å². The molecule has 2 aliphatic rings. The number of hydrogen-bond donors (Lipinski definition) is 2. The van der Waals surface area contributed by atoms with Gasteiger partial charge in [-0.25, -0.2) is 4.79 Å². The molecule has 1 saturated heterocycles. The molecule has 0 aliphatic carbocycles. The maximum atomic E-state index is 13.5. The average molecular weight is 402 g/mol. The van der Waals surface area contributed by atoms with E-state index in [1.165, 1.54) is 6.42 Å². The van der Waals surface area contributed by atoms with E-state index < -0.39 is 6.03 Å². The zero-order valence-electron chi connectivity index (χ0n) is 16.9. The number of aromatic nitrogens is 1. The van der Waals surface area contributed by atoms with Crippen molar-refractivity contribution in [2.45, 2.75) is 31.7 Å². The number of amides is 3. The largest absolute Gasteiger partial charge is 0.361 e. The monoisotopic (exact) mass is 402 g/mol. The number of primary amides is 1. The molecule has 0 saturated carbocycles. The fraction of sp³-hybridized carbons (Fsp3) is 0.333. The van der Waals surface area contributed by atoms with Crippen molar-refractivity contribution in [2.24, 2.45) is 5.73 Å². The van der Waals surface area contributed by atoms with Crippen molar-refractivity contribution in [3.63, 3.8) is 0 Å². The molecule has 3 aromatic rings. The standard InChI is InChI=1S/C24H26N4O2/c25-24(30)28-14-11-16-7-6-9-18(23(29)27-12-4-1-5-13-27)21(16)22(28)19-15-26-20-10-3-2-8-17(19)20/h2-3,6-10,15,22,26H,1,4-5,11-14H2,(H2,25,30). The van der Waals surface area contributed by atoms with E-state index in [1.54, 1.807) is 4.90 Å². The van der Waals surface area contributed by atoms with Crippen molar-refractivity contribution < 1.29 is 9.59 Å². The van der Waals surface area contributed by atoms with Crippen molar-refractivity contribution in [3.8, 4) is 0 Å². The van der Waals surface area contributed by atoms with E-state index in [0.29, 0.717) is 18.5 Å². The van der Waals surface area contributed by atoms with Gasteiger partial charge in [-0.15, -0.1) is 0 Å². The van der Waals surface area contributed by atoms with E-state index >= 15 is 0 Å². The van der Waals surface area contributed by atoms with E-state index in [4.69, 9.17) is 5.73 Å². The number of rotatable bonds is 2. The van der Waals surface area contributed by atoms with Crippen molar-refractivity contribution >= 4 is 22.8 Å². The summed E-state index contributed by atoms with van der Waals surface area (Å²) in [6.45, 7) is 2.12. The molecule has 1 aromatic heterocycles. The zero-order chi connectivity index (χ0) is 20.7. The number of fused-ring (bicyclic) bond motifs is 2. The van der Waals surface area contributed by atoms with Crippen LogP contribution in [0, 0.1) is 0 Å². The molecule has 6 heteroatoms. The van der Waals surface area contributed by atoms with Gasteiger partial charge in [-0.2, -0.15) is 0 Å². The van der Waals surface area contributed by atoms with Crippen molar-refractivity contribution in [2.75, 3.05) is 19.6 Å². The highest BCUT2D eigenvalue weighted by molar-refractivity contribution is 5.97. The number of nitrogens with one attached hydrogen (secondary N) is 1. The zero-order valence-corrected chi connectivity index (χ0v) is 16.9. The lowest BCUT2D eigenvalue weighted by Gasteiger charge is -2.38. The van der Waals surface area contributed by atoms with Gasteiger partial charge in [0.1, 0.15) is 0 Å². The highest BCUT2D eigenvalue weighted by Gasteiger charge is 2.36. The summed E-state index contributed by atoms with van der Waals surface area (Å²) in [5, 5.41) is 1.04. The molecule has 5 rings (SSSR count). The van der Waals surface area contributed by atoms with Crippen LogP contribution in [0.2, 0.25) is 0 Å². The molecule has 3 N–H and O–H groups in total. The van der Waals surface area contributed by atoms with E-state index in [0.717, 1.165) is 53.5 Å². The van der Waals surface area contributed by atoms with Crippen LogP contribution < -0.4 is 5.73 Å². The first kappa shape index (κ1) is 18.7. The topological polar surface area (TPSA) is 82.4 Å². The Hall–Kier alpha value is -3.28. The van der Waals surface area contributed by atoms with E-state index in [9.17, 15) is 9.59 Å². The van der Waals surface area contributed by atoms with E-state index in [2.05, 4.69) is 11.1 Å². The van der Waals surface area contributed by atoms with Crippen LogP contribution >= 0.6 is 0 Å². The second-order valence-corrected chi connectivity index (χ2v) is 8.21. The van der Waals surface area contributed by atoms with Crippen LogP contribution in [-0.2, 0) is 6.42 Å². The third kappa shape index (κ3) is 3.03. The predicted molar refractivity (Wildman–Crippen MR) is 116 cm³/mol. The molecule has 30 heavy (non-hydrogen) atoms. The summed E-state index contributed by atoms with van der Waals surface area (Å²) in [4.78, 5) is 32.9. The highest BCUT2D eigenvalue weighted by atomic mass is 16.2. The van der Waals surface area contributed by atoms with Crippen LogP contribution in [0.1, 0.15) is 52.4 Å². The number of benzene rings is 2. The van der Waals surface area contributed by atoms with E-state index in [-0.39, 0.29) is 11.9 Å². The molecule has 154 valence electrons. The van der Waals surface area contributed by atoms with Gasteiger partial charge in [0.05, 0.1) is 6.04 Å². The summed E-state index contributed by atoms with van der Waals surface area (Å²) in [5.74, 6) is 0.0581. The van der Waals surface area contributed by atoms with E-state index in [1.807, 2.05) is 47.5 Å². The minimum atomic E-state index is -0.462. The summed E-state index contributed by atoms with van der Waals surface area (Å²) >= 11 is 0. The number of likely N-dealkylation sites (tertiary alicyclic amines) is 1. The fourth-order valence-corrected chi connectivity index (χ4v) is 5.01. The third-order valence-corrected chi connectivity index (χ3v) is 6.48. The maximum absolute atomic E-state index is 13.5. The normalized spacial score (nSPS) is 19.0. The molecule has 3 heterocycles. The van der Waals surface area contributed by atoms with Crippen LogP contribution in [0.15, 0.2) is 48.7 Å². The third-order valence-electron chi connectivity index (χ3n) is 6.48. The van der Waals surface area contributed by atoms with Gasteiger partial charge in [0.2, 0.25) is 0 Å². The van der Waals surface area contributed by atoms with Crippen LogP contribution in [0.4, 0.5) is 4.79 Å². The number of carbonyl (C=O) groups excluding carboxylic acids is 2. The maximum Gasteiger partial charge on any atom is 0.315 e. The van der Waals surface area contributed by atoms with Crippen LogP contribution in [0.3, 0.4) is 0 Å². The van der Waals surface area contributed by atoms with Gasteiger partial charge in [-0.3, -0.25) is 4.79 Å². The molecule has 0 radical (unpaired) electrons. The number of urea groups is 1. The second-order valence-electron chi connectivity index (χ2n) is 8.21. The molecular weight excluding hydrogens is 376 g/mol. The van der Waals surface area contributed by atoms with Gasteiger partial charge >= 0.3 is 6.03 Å². The van der Waals surface area contributed by atoms with Gasteiger partial charge < -0.3 is 20.5 Å². The number of piperidine rings is 1. The Kier molecular flexibility index (Phi) is 4.69. The lowest BCUT2D eigenvalue weighted by molar-refractivity contribution is 0.0720. The Balaban J connectivity index is 1.68. The number of para-hydroxylation sites is 1. The Morgan fingerprint density at radius 2 is 1.77 bits per heavy atom. The minimum Gasteiger partial charge on any atom is -0.361 e. The Morgan fingerprint density at radius 3 is 2.57 bits per heavy atom.